The van der Waals surface area contributed by atoms with Gasteiger partial charge in [0, 0.05) is 11.8 Å². The Morgan fingerprint density at radius 2 is 1.59 bits per heavy atom. The molecule has 2 atom stereocenters. The first-order valence-electron chi connectivity index (χ1n) is 14.0. The van der Waals surface area contributed by atoms with Crippen LogP contribution in [0.4, 0.5) is 0 Å². The molecule has 1 aliphatic carbocycles. The maximum Gasteiger partial charge on any atom is 0.303 e. The van der Waals surface area contributed by atoms with Crippen LogP contribution in [0.5, 0.6) is 5.75 Å². The van der Waals surface area contributed by atoms with E-state index in [0.717, 1.165) is 50.5 Å². The summed E-state index contributed by atoms with van der Waals surface area (Å²) in [6, 6.07) is 13.1. The van der Waals surface area contributed by atoms with Crippen LogP contribution in [0.3, 0.4) is 0 Å². The molecule has 1 fully saturated rings. The quantitative estimate of drug-likeness (QED) is 0.255. The summed E-state index contributed by atoms with van der Waals surface area (Å²) in [6.45, 7) is 10.9. The number of hydrogen-bond acceptors (Lipinski definition) is 4. The van der Waals surface area contributed by atoms with Gasteiger partial charge in [0.2, 0.25) is 0 Å². The van der Waals surface area contributed by atoms with E-state index >= 15 is 0 Å². The van der Waals surface area contributed by atoms with Gasteiger partial charge in [-0.25, -0.2) is 0 Å². The maximum absolute atomic E-state index is 10.7. The minimum atomic E-state index is -0.918. The van der Waals surface area contributed by atoms with E-state index in [-0.39, 0.29) is 36.4 Å². The number of aliphatic hydroxyl groups is 2. The summed E-state index contributed by atoms with van der Waals surface area (Å²) < 4.78 is 5.83. The SMILES string of the molecule is CCC(CC)(c1ccc(CCC(O)C2(CC)CC2)c(C)c1)c1ccc(OC[C@H](O)CCC(=O)O)c(C)c1. The van der Waals surface area contributed by atoms with Gasteiger partial charge >= 0.3 is 5.97 Å². The zero-order chi connectivity index (χ0) is 27.2. The van der Waals surface area contributed by atoms with E-state index < -0.39 is 12.1 Å². The molecule has 2 aromatic rings. The molecule has 0 bridgehead atoms. The minimum absolute atomic E-state index is 0.0731. The van der Waals surface area contributed by atoms with Crippen LogP contribution in [0.1, 0.15) is 100.0 Å². The van der Waals surface area contributed by atoms with Crippen molar-refractivity contribution in [3.8, 4) is 5.75 Å². The zero-order valence-corrected chi connectivity index (χ0v) is 23.3. The smallest absolute Gasteiger partial charge is 0.303 e. The first kappa shape index (κ1) is 29.2. The van der Waals surface area contributed by atoms with Crippen molar-refractivity contribution in [3.63, 3.8) is 0 Å². The van der Waals surface area contributed by atoms with Gasteiger partial charge in [-0.15, -0.1) is 0 Å². The third-order valence-corrected chi connectivity index (χ3v) is 8.94. The Labute approximate surface area is 222 Å². The summed E-state index contributed by atoms with van der Waals surface area (Å²) in [4.78, 5) is 10.7. The second-order valence-corrected chi connectivity index (χ2v) is 11.1. The molecular weight excluding hydrogens is 464 g/mol. The fourth-order valence-electron chi connectivity index (χ4n) is 5.86. The maximum atomic E-state index is 10.7. The standard InChI is InChI=1S/C32H46O5/c1-6-31(17-18-31)29(34)15-10-24-9-11-25(19-22(24)4)32(7-2,8-3)26-12-14-28(23(5)20-26)37-21-27(33)13-16-30(35)36/h9,11-12,14,19-20,27,29,33-34H,6-8,10,13,15-18,21H2,1-5H3,(H,35,36)/t27-,29?/m1/s1. The fourth-order valence-corrected chi connectivity index (χ4v) is 5.86. The number of carboxylic acids is 1. The molecule has 0 saturated heterocycles. The second kappa shape index (κ2) is 12.4. The summed E-state index contributed by atoms with van der Waals surface area (Å²) in [5.74, 6) is -0.205. The van der Waals surface area contributed by atoms with E-state index in [1.165, 1.54) is 22.3 Å². The Morgan fingerprint density at radius 1 is 0.973 bits per heavy atom. The van der Waals surface area contributed by atoms with E-state index in [4.69, 9.17) is 9.84 Å². The van der Waals surface area contributed by atoms with Crippen LogP contribution < -0.4 is 4.74 Å². The Hall–Kier alpha value is -2.37. The highest BCUT2D eigenvalue weighted by atomic mass is 16.5. The molecule has 0 spiro atoms. The number of ether oxygens (including phenoxy) is 1. The fraction of sp³-hybridized carbons (Fsp3) is 0.594. The van der Waals surface area contributed by atoms with Gasteiger partial charge in [-0.1, -0.05) is 51.1 Å². The van der Waals surface area contributed by atoms with Gasteiger partial charge in [0.25, 0.3) is 0 Å². The number of aliphatic carboxylic acids is 1. The lowest BCUT2D eigenvalue weighted by molar-refractivity contribution is -0.137. The molecule has 3 rings (SSSR count). The highest BCUT2D eigenvalue weighted by Crippen LogP contribution is 2.52. The number of benzene rings is 2. The van der Waals surface area contributed by atoms with Crippen molar-refractivity contribution in [1.29, 1.82) is 0 Å². The van der Waals surface area contributed by atoms with Crippen molar-refractivity contribution in [3.05, 3.63) is 64.2 Å². The van der Waals surface area contributed by atoms with Crippen molar-refractivity contribution in [2.24, 2.45) is 5.41 Å². The van der Waals surface area contributed by atoms with E-state index in [1.807, 2.05) is 13.0 Å². The molecule has 5 nitrogen and oxygen atoms in total. The molecule has 1 unspecified atom stereocenters. The predicted molar refractivity (Wildman–Crippen MR) is 148 cm³/mol. The second-order valence-electron chi connectivity index (χ2n) is 11.1. The molecule has 0 radical (unpaired) electrons. The molecule has 0 heterocycles. The van der Waals surface area contributed by atoms with Crippen molar-refractivity contribution < 1.29 is 24.9 Å². The van der Waals surface area contributed by atoms with Crippen LogP contribution in [-0.4, -0.2) is 40.1 Å². The molecule has 0 aromatic heterocycles. The molecule has 5 heteroatoms. The average Bonchev–Trinajstić information content (AvgIpc) is 3.69. The Bertz CT molecular complexity index is 1050. The summed E-state index contributed by atoms with van der Waals surface area (Å²) in [6.07, 6.45) is 6.14. The van der Waals surface area contributed by atoms with Gasteiger partial charge in [-0.05, 0) is 105 Å². The van der Waals surface area contributed by atoms with Crippen LogP contribution in [0.15, 0.2) is 36.4 Å². The van der Waals surface area contributed by atoms with Crippen LogP contribution >= 0.6 is 0 Å². The molecule has 1 aliphatic rings. The topological polar surface area (TPSA) is 87.0 Å². The van der Waals surface area contributed by atoms with Crippen molar-refractivity contribution in [1.82, 2.24) is 0 Å². The molecule has 204 valence electrons. The Kier molecular flexibility index (Phi) is 9.82. The molecule has 37 heavy (non-hydrogen) atoms. The molecule has 2 aromatic carbocycles. The summed E-state index contributed by atoms with van der Waals surface area (Å²) >= 11 is 0. The number of aliphatic hydroxyl groups excluding tert-OH is 2. The molecule has 1 saturated carbocycles. The third kappa shape index (κ3) is 6.74. The Morgan fingerprint density at radius 3 is 2.11 bits per heavy atom. The minimum Gasteiger partial charge on any atom is -0.491 e. The highest BCUT2D eigenvalue weighted by Gasteiger charge is 2.46. The number of hydrogen-bond donors (Lipinski definition) is 3. The van der Waals surface area contributed by atoms with Crippen molar-refractivity contribution in [2.75, 3.05) is 6.61 Å². The van der Waals surface area contributed by atoms with E-state index in [0.29, 0.717) is 5.75 Å². The van der Waals surface area contributed by atoms with Crippen molar-refractivity contribution in [2.45, 2.75) is 110 Å². The molecule has 0 aliphatic heterocycles. The lowest BCUT2D eigenvalue weighted by atomic mass is 9.69. The van der Waals surface area contributed by atoms with E-state index in [9.17, 15) is 15.0 Å². The van der Waals surface area contributed by atoms with E-state index in [1.54, 1.807) is 0 Å². The normalized spacial score (nSPS) is 16.3. The summed E-state index contributed by atoms with van der Waals surface area (Å²) in [7, 11) is 0. The first-order valence-corrected chi connectivity index (χ1v) is 14.0. The summed E-state index contributed by atoms with van der Waals surface area (Å²) in [5, 5.41) is 29.5. The first-order chi connectivity index (χ1) is 17.6. The van der Waals surface area contributed by atoms with Gasteiger partial charge in [-0.2, -0.15) is 0 Å². The van der Waals surface area contributed by atoms with Crippen LogP contribution in [-0.2, 0) is 16.6 Å². The van der Waals surface area contributed by atoms with Gasteiger partial charge in [-0.3, -0.25) is 4.79 Å². The lowest BCUT2D eigenvalue weighted by Gasteiger charge is -2.34. The highest BCUT2D eigenvalue weighted by molar-refractivity contribution is 5.66. The lowest BCUT2D eigenvalue weighted by Crippen LogP contribution is -2.26. The van der Waals surface area contributed by atoms with Crippen LogP contribution in [0, 0.1) is 19.3 Å². The monoisotopic (exact) mass is 510 g/mol. The molecule has 3 N–H and O–H groups in total. The number of carboxylic acid groups (broad SMARTS) is 1. The number of aryl methyl sites for hydroxylation is 3. The average molecular weight is 511 g/mol. The van der Waals surface area contributed by atoms with Crippen molar-refractivity contribution >= 4 is 5.97 Å². The summed E-state index contributed by atoms with van der Waals surface area (Å²) in [5.41, 5.74) is 6.21. The van der Waals surface area contributed by atoms with Gasteiger partial charge in [0.1, 0.15) is 12.4 Å². The molecular formula is C32H46O5. The predicted octanol–water partition coefficient (Wildman–Crippen LogP) is 6.50. The van der Waals surface area contributed by atoms with Crippen LogP contribution in [0.25, 0.3) is 0 Å². The molecule has 0 amide bonds. The zero-order valence-electron chi connectivity index (χ0n) is 23.3. The largest absolute Gasteiger partial charge is 0.491 e. The van der Waals surface area contributed by atoms with Gasteiger partial charge in [0.15, 0.2) is 0 Å². The van der Waals surface area contributed by atoms with Crippen LogP contribution in [0.2, 0.25) is 0 Å². The van der Waals surface area contributed by atoms with E-state index in [2.05, 4.69) is 58.0 Å². The third-order valence-electron chi connectivity index (χ3n) is 8.94. The number of rotatable bonds is 15. The Balaban J connectivity index is 1.75. The van der Waals surface area contributed by atoms with Gasteiger partial charge in [0.05, 0.1) is 12.2 Å². The van der Waals surface area contributed by atoms with Gasteiger partial charge < -0.3 is 20.1 Å². The number of carbonyl (C=O) groups is 1.